The topological polar surface area (TPSA) is 26.0 Å². The summed E-state index contributed by atoms with van der Waals surface area (Å²) in [4.78, 5) is 5.75. The molecule has 114 valence electrons. The minimum Gasteiger partial charge on any atom is -0.468 e. The lowest BCUT2D eigenvalue weighted by atomic mass is 10.1. The van der Waals surface area contributed by atoms with E-state index in [2.05, 4.69) is 10.4 Å². The van der Waals surface area contributed by atoms with Crippen LogP contribution in [-0.2, 0) is 12.2 Å². The molecule has 0 aliphatic carbocycles. The predicted octanol–water partition coefficient (Wildman–Crippen LogP) is 5.72. The zero-order valence-corrected chi connectivity index (χ0v) is 14.2. The molecule has 0 bridgehead atoms. The normalized spacial score (nSPS) is 11.0. The van der Waals surface area contributed by atoms with Crippen LogP contribution in [0.2, 0.25) is 5.02 Å². The smallest absolute Gasteiger partial charge is 0.124 e. The number of nitrogens with zero attached hydrogens (tertiary/aromatic N) is 1. The molecule has 2 aromatic heterocycles. The van der Waals surface area contributed by atoms with Crippen molar-refractivity contribution in [3.8, 4) is 0 Å². The summed E-state index contributed by atoms with van der Waals surface area (Å²) in [6.07, 6.45) is 2.32. The first-order valence-corrected chi connectivity index (χ1v) is 8.90. The summed E-state index contributed by atoms with van der Waals surface area (Å²) in [5.41, 5.74) is 1.92. The Bertz CT molecular complexity index is 784. The lowest BCUT2D eigenvalue weighted by molar-refractivity contribution is 0.527. The molecule has 0 N–H and O–H groups in total. The minimum atomic E-state index is -0.319. The third kappa shape index (κ3) is 3.72. The van der Waals surface area contributed by atoms with Crippen molar-refractivity contribution in [3.63, 3.8) is 0 Å². The molecule has 0 saturated heterocycles. The SMILES string of the molecule is Cc1occc1SCc1csc(Cc2ccc(F)cc2Cl)n1. The van der Waals surface area contributed by atoms with Crippen LogP contribution in [0.5, 0.6) is 0 Å². The number of rotatable bonds is 5. The van der Waals surface area contributed by atoms with E-state index in [4.69, 9.17) is 16.0 Å². The molecule has 0 atom stereocenters. The van der Waals surface area contributed by atoms with Crippen LogP contribution in [-0.4, -0.2) is 4.98 Å². The maximum Gasteiger partial charge on any atom is 0.124 e. The number of hydrogen-bond acceptors (Lipinski definition) is 4. The number of hydrogen-bond donors (Lipinski definition) is 0. The Balaban J connectivity index is 1.65. The molecule has 0 radical (unpaired) electrons. The van der Waals surface area contributed by atoms with Gasteiger partial charge in [-0.25, -0.2) is 9.37 Å². The first-order valence-electron chi connectivity index (χ1n) is 6.66. The zero-order valence-electron chi connectivity index (χ0n) is 11.8. The first kappa shape index (κ1) is 15.6. The molecule has 2 heterocycles. The molecule has 1 aromatic carbocycles. The molecule has 0 fully saturated rings. The fourth-order valence-electron chi connectivity index (χ4n) is 2.00. The Kier molecular flexibility index (Phi) is 4.86. The van der Waals surface area contributed by atoms with Crippen molar-refractivity contribution in [3.05, 3.63) is 68.8 Å². The van der Waals surface area contributed by atoms with E-state index >= 15 is 0 Å². The molecule has 0 aliphatic rings. The first-order chi connectivity index (χ1) is 10.6. The van der Waals surface area contributed by atoms with Crippen molar-refractivity contribution >= 4 is 34.7 Å². The number of thiazole rings is 1. The fraction of sp³-hybridized carbons (Fsp3) is 0.188. The van der Waals surface area contributed by atoms with Crippen LogP contribution >= 0.6 is 34.7 Å². The van der Waals surface area contributed by atoms with E-state index in [9.17, 15) is 4.39 Å². The molecule has 3 rings (SSSR count). The van der Waals surface area contributed by atoms with Crippen molar-refractivity contribution < 1.29 is 8.81 Å². The van der Waals surface area contributed by atoms with E-state index in [0.717, 1.165) is 32.7 Å². The zero-order chi connectivity index (χ0) is 15.5. The average Bonchev–Trinajstić information content (AvgIpc) is 3.09. The Morgan fingerprint density at radius 2 is 2.23 bits per heavy atom. The van der Waals surface area contributed by atoms with Crippen LogP contribution in [0.3, 0.4) is 0 Å². The molecule has 0 unspecified atom stereocenters. The van der Waals surface area contributed by atoms with Crippen molar-refractivity contribution in [2.24, 2.45) is 0 Å². The Hall–Kier alpha value is -1.30. The Labute approximate surface area is 141 Å². The number of aryl methyl sites for hydroxylation is 1. The highest BCUT2D eigenvalue weighted by Gasteiger charge is 2.09. The molecule has 6 heteroatoms. The van der Waals surface area contributed by atoms with E-state index in [1.54, 1.807) is 35.4 Å². The second-order valence-corrected chi connectivity index (χ2v) is 7.14. The van der Waals surface area contributed by atoms with Crippen molar-refractivity contribution in [2.45, 2.75) is 24.0 Å². The van der Waals surface area contributed by atoms with Gasteiger partial charge in [0.05, 0.1) is 17.0 Å². The van der Waals surface area contributed by atoms with Crippen LogP contribution in [0.25, 0.3) is 0 Å². The van der Waals surface area contributed by atoms with Gasteiger partial charge in [0.2, 0.25) is 0 Å². The lowest BCUT2D eigenvalue weighted by Gasteiger charge is -2.01. The summed E-state index contributed by atoms with van der Waals surface area (Å²) in [5, 5.41) is 3.48. The van der Waals surface area contributed by atoms with Gasteiger partial charge in [-0.15, -0.1) is 23.1 Å². The molecular formula is C16H13ClFNOS2. The molecule has 22 heavy (non-hydrogen) atoms. The van der Waals surface area contributed by atoms with E-state index in [-0.39, 0.29) is 5.82 Å². The number of aromatic nitrogens is 1. The maximum absolute atomic E-state index is 13.1. The largest absolute Gasteiger partial charge is 0.468 e. The monoisotopic (exact) mass is 353 g/mol. The van der Waals surface area contributed by atoms with E-state index in [0.29, 0.717) is 11.4 Å². The highest BCUT2D eigenvalue weighted by molar-refractivity contribution is 7.98. The molecule has 0 saturated carbocycles. The number of halogens is 2. The summed E-state index contributed by atoms with van der Waals surface area (Å²) < 4.78 is 18.3. The highest BCUT2D eigenvalue weighted by Crippen LogP contribution is 2.28. The average molecular weight is 354 g/mol. The number of furan rings is 1. The van der Waals surface area contributed by atoms with Gasteiger partial charge >= 0.3 is 0 Å². The summed E-state index contributed by atoms with van der Waals surface area (Å²) in [6, 6.07) is 6.43. The van der Waals surface area contributed by atoms with E-state index in [1.807, 2.05) is 13.0 Å². The quantitative estimate of drug-likeness (QED) is 0.548. The predicted molar refractivity (Wildman–Crippen MR) is 89.3 cm³/mol. The van der Waals surface area contributed by atoms with Gasteiger partial charge in [-0.3, -0.25) is 0 Å². The van der Waals surface area contributed by atoms with Crippen LogP contribution < -0.4 is 0 Å². The van der Waals surface area contributed by atoms with Crippen LogP contribution in [0, 0.1) is 12.7 Å². The van der Waals surface area contributed by atoms with Gasteiger partial charge < -0.3 is 4.42 Å². The standard InChI is InChI=1S/C16H13ClFNOS2/c1-10-15(4-5-20-10)21-8-13-9-22-16(19-13)6-11-2-3-12(18)7-14(11)17/h2-5,7,9H,6,8H2,1H3. The van der Waals surface area contributed by atoms with Gasteiger partial charge in [-0.1, -0.05) is 17.7 Å². The number of thioether (sulfide) groups is 1. The highest BCUT2D eigenvalue weighted by atomic mass is 35.5. The molecular weight excluding hydrogens is 341 g/mol. The summed E-state index contributed by atoms with van der Waals surface area (Å²) in [5.74, 6) is 1.41. The van der Waals surface area contributed by atoms with E-state index in [1.165, 1.54) is 12.1 Å². The Morgan fingerprint density at radius 1 is 1.36 bits per heavy atom. The molecule has 0 aliphatic heterocycles. The van der Waals surface area contributed by atoms with Crippen LogP contribution in [0.15, 0.2) is 45.2 Å². The molecule has 0 spiro atoms. The van der Waals surface area contributed by atoms with Crippen LogP contribution in [0.1, 0.15) is 22.0 Å². The number of benzene rings is 1. The minimum absolute atomic E-state index is 0.319. The molecule has 2 nitrogen and oxygen atoms in total. The van der Waals surface area contributed by atoms with E-state index < -0.39 is 0 Å². The molecule has 3 aromatic rings. The fourth-order valence-corrected chi connectivity index (χ4v) is 4.01. The van der Waals surface area contributed by atoms with Gasteiger partial charge in [0.25, 0.3) is 0 Å². The van der Waals surface area contributed by atoms with Crippen molar-refractivity contribution in [1.29, 1.82) is 0 Å². The maximum atomic E-state index is 13.1. The third-order valence-corrected chi connectivity index (χ3v) is 5.57. The van der Waals surface area contributed by atoms with Gasteiger partial charge in [0.1, 0.15) is 11.6 Å². The summed E-state index contributed by atoms with van der Waals surface area (Å²) >= 11 is 9.36. The molecule has 0 amide bonds. The van der Waals surface area contributed by atoms with Gasteiger partial charge in [-0.2, -0.15) is 0 Å². The second kappa shape index (κ2) is 6.86. The van der Waals surface area contributed by atoms with Crippen LogP contribution in [0.4, 0.5) is 4.39 Å². The summed E-state index contributed by atoms with van der Waals surface area (Å²) in [7, 11) is 0. The van der Waals surface area contributed by atoms with Gasteiger partial charge in [-0.05, 0) is 30.7 Å². The van der Waals surface area contributed by atoms with Gasteiger partial charge in [0.15, 0.2) is 0 Å². The van der Waals surface area contributed by atoms with Crippen molar-refractivity contribution in [2.75, 3.05) is 0 Å². The second-order valence-electron chi connectivity index (χ2n) is 4.77. The lowest BCUT2D eigenvalue weighted by Crippen LogP contribution is -1.90. The summed E-state index contributed by atoms with van der Waals surface area (Å²) in [6.45, 7) is 1.95. The van der Waals surface area contributed by atoms with Crippen molar-refractivity contribution in [1.82, 2.24) is 4.98 Å². The Morgan fingerprint density at radius 3 is 2.95 bits per heavy atom. The van der Waals surface area contributed by atoms with Gasteiger partial charge in [0, 0.05) is 27.5 Å². The third-order valence-electron chi connectivity index (χ3n) is 3.14.